The van der Waals surface area contributed by atoms with Crippen LogP contribution in [0.15, 0.2) is 18.2 Å². The van der Waals surface area contributed by atoms with E-state index in [1.54, 1.807) is 18.7 Å². The Balaban J connectivity index is 1.30. The minimum atomic E-state index is -4.77. The Morgan fingerprint density at radius 3 is 1.80 bits per heavy atom. The highest BCUT2D eigenvalue weighted by Crippen LogP contribution is 2.39. The van der Waals surface area contributed by atoms with Gasteiger partial charge in [0.05, 0.1) is 42.4 Å². The number of likely N-dealkylation sites (tertiary alicyclic amines) is 1. The van der Waals surface area contributed by atoms with Crippen molar-refractivity contribution < 1.29 is 79.1 Å². The van der Waals surface area contributed by atoms with Gasteiger partial charge in [-0.05, 0) is 125 Å². The second-order valence-electron chi connectivity index (χ2n) is 30.3. The minimum absolute atomic E-state index is 0.0101. The second kappa shape index (κ2) is 36.7. The number of amides is 12. The van der Waals surface area contributed by atoms with E-state index < -0.39 is 189 Å². The molecule has 6 fully saturated rings. The van der Waals surface area contributed by atoms with Crippen LogP contribution in [0.3, 0.4) is 0 Å². The second-order valence-corrected chi connectivity index (χ2v) is 32.9. The first kappa shape index (κ1) is 83.2. The molecule has 3 aliphatic carbocycles. The molecule has 1 spiro atoms. The van der Waals surface area contributed by atoms with Crippen LogP contribution in [0, 0.1) is 17.8 Å². The molecule has 12 amide bonds. The van der Waals surface area contributed by atoms with E-state index in [0.717, 1.165) is 82.9 Å². The molecule has 0 aromatic heterocycles. The van der Waals surface area contributed by atoms with Gasteiger partial charge in [0.25, 0.3) is 0 Å². The van der Waals surface area contributed by atoms with Crippen molar-refractivity contribution in [2.24, 2.45) is 17.8 Å². The lowest BCUT2D eigenvalue weighted by molar-refractivity contribution is -0.157. The summed E-state index contributed by atoms with van der Waals surface area (Å²) in [5.74, 6) is -9.93. The van der Waals surface area contributed by atoms with Crippen molar-refractivity contribution in [1.82, 2.24) is 60.0 Å². The number of aryl methyl sites for hydroxylation is 1. The van der Waals surface area contributed by atoms with Gasteiger partial charge in [0.1, 0.15) is 57.7 Å². The van der Waals surface area contributed by atoms with E-state index in [1.807, 2.05) is 0 Å². The molecular formula is C72H110ClF3N12O14S. The number of carbonyl (C=O) groups is 12. The van der Waals surface area contributed by atoms with Crippen LogP contribution in [0.25, 0.3) is 0 Å². The maximum atomic E-state index is 15.8. The predicted molar refractivity (Wildman–Crippen MR) is 378 cm³/mol. The first-order chi connectivity index (χ1) is 48.4. The van der Waals surface area contributed by atoms with Crippen molar-refractivity contribution in [1.29, 1.82) is 0 Å². The van der Waals surface area contributed by atoms with Crippen LogP contribution in [0.5, 0.6) is 0 Å². The fourth-order valence-corrected chi connectivity index (χ4v) is 16.8. The van der Waals surface area contributed by atoms with E-state index in [4.69, 9.17) is 11.6 Å². The lowest BCUT2D eigenvalue weighted by Crippen LogP contribution is -2.65. The number of nitrogens with zero attached hydrogens (tertiary/aromatic N) is 9. The van der Waals surface area contributed by atoms with E-state index in [0.29, 0.717) is 70.9 Å². The largest absolute Gasteiger partial charge is 0.417 e. The number of alkyl halides is 3. The zero-order valence-corrected chi connectivity index (χ0v) is 63.4. The van der Waals surface area contributed by atoms with Crippen LogP contribution < -0.4 is 16.0 Å². The number of halogens is 4. The van der Waals surface area contributed by atoms with Crippen molar-refractivity contribution in [2.75, 3.05) is 101 Å². The predicted octanol–water partition coefficient (Wildman–Crippen LogP) is 4.81. The Morgan fingerprint density at radius 1 is 0.612 bits per heavy atom. The number of likely N-dealkylation sites (N-methyl/N-ethyl adjacent to an activating group) is 7. The molecule has 0 bridgehead atoms. The van der Waals surface area contributed by atoms with Gasteiger partial charge in [-0.25, -0.2) is 8.42 Å². The number of rotatable bonds is 12. The molecule has 0 unspecified atom stereocenters. The third-order valence-corrected chi connectivity index (χ3v) is 23.3. The molecule has 103 heavy (non-hydrogen) atoms. The molecule has 31 heteroatoms. The molecular weight excluding hydrogens is 1380 g/mol. The normalized spacial score (nSPS) is 26.3. The standard InChI is InChI=1S/C72H110ClF3N12O14S/c1-46(2)39-55-63(93)78-53(32-38-103(10,101)102)65(95)82(5)44-60(91)80(3)45-61(92)84(7)56(41-47-23-14-11-15-24-47)67(97)81(4)43-58(89)77-52(31-29-48-28-30-50(51(73)40-48)72(74,75)76)66(96)88-37-22-27-54(88)64(94)79-71(33-18-19-34-71)70(100)86(9)62(49-25-16-12-17-26-49)69(99)85(8)57(42-59(90)83(55)6)68(98)87-35-20-13-21-36-87/h28,30,40,46-47,49,52-57,62H,11-27,29,31-39,41-45H2,1-10H3,(H,77,89)(H,78,93)(H,79,94)/t52-,53-,54-,55-,56-,57-,62-/m0/s1. The summed E-state index contributed by atoms with van der Waals surface area (Å²) in [7, 11) is 5.79. The summed E-state index contributed by atoms with van der Waals surface area (Å²) in [4.78, 5) is 190. The van der Waals surface area contributed by atoms with E-state index in [2.05, 4.69) is 16.0 Å². The fraction of sp³-hybridized carbons (Fsp3) is 0.750. The Hall–Kier alpha value is -7.11. The molecule has 3 saturated heterocycles. The molecule has 3 N–H and O–H groups in total. The van der Waals surface area contributed by atoms with E-state index in [9.17, 15) is 50.4 Å². The lowest BCUT2D eigenvalue weighted by atomic mass is 9.81. The SMILES string of the molecule is CC(C)C[C@H]1C(=O)N[C@@H](CCS(C)(=O)=O)C(=O)N(C)CC(=O)N(C)CC(=O)N(C)[C@@H](CC2CCCCC2)C(=O)N(C)CC(=O)N[C@@H](CCc2ccc(C(F)(F)F)c(Cl)c2)C(=O)N2CCC[C@H]2C(=O)NC2(CCCC2)C(=O)N(C)[C@@H](C2CCCCC2)C(=O)N(C)[C@H](C(=O)N2CCCCC2)CC(=O)N1C. The van der Waals surface area contributed by atoms with Gasteiger partial charge in [0, 0.05) is 75.2 Å². The van der Waals surface area contributed by atoms with Gasteiger partial charge in [0.15, 0.2) is 0 Å². The van der Waals surface area contributed by atoms with Crippen molar-refractivity contribution in [2.45, 2.75) is 228 Å². The number of benzene rings is 1. The summed E-state index contributed by atoms with van der Waals surface area (Å²) in [5.41, 5.74) is -2.40. The van der Waals surface area contributed by atoms with Crippen LogP contribution >= 0.6 is 11.6 Å². The molecule has 3 heterocycles. The molecule has 0 radical (unpaired) electrons. The van der Waals surface area contributed by atoms with Crippen LogP contribution in [0.4, 0.5) is 13.2 Å². The van der Waals surface area contributed by atoms with Crippen molar-refractivity contribution >= 4 is 92.3 Å². The van der Waals surface area contributed by atoms with Crippen LogP contribution in [0.2, 0.25) is 5.02 Å². The summed E-state index contributed by atoms with van der Waals surface area (Å²) < 4.78 is 67.1. The molecule has 7 atom stereocenters. The van der Waals surface area contributed by atoms with Crippen molar-refractivity contribution in [3.05, 3.63) is 34.3 Å². The first-order valence-corrected chi connectivity index (χ1v) is 39.2. The van der Waals surface area contributed by atoms with Gasteiger partial charge in [0.2, 0.25) is 70.9 Å². The quantitative estimate of drug-likeness (QED) is 0.253. The van der Waals surface area contributed by atoms with Gasteiger partial charge in [-0.3, -0.25) is 57.5 Å². The molecule has 1 aromatic rings. The lowest BCUT2D eigenvalue weighted by Gasteiger charge is -2.43. The van der Waals surface area contributed by atoms with E-state index in [1.165, 1.54) is 75.0 Å². The Labute approximate surface area is 609 Å². The summed E-state index contributed by atoms with van der Waals surface area (Å²) >= 11 is 6.16. The first-order valence-electron chi connectivity index (χ1n) is 36.8. The van der Waals surface area contributed by atoms with Crippen LogP contribution in [-0.2, 0) is 80.0 Å². The smallest absolute Gasteiger partial charge is 0.343 e. The molecule has 3 saturated carbocycles. The average molecular weight is 1490 g/mol. The molecule has 6 aliphatic rings. The molecule has 576 valence electrons. The number of sulfone groups is 1. The average Bonchev–Trinajstić information content (AvgIpc) is 1.75. The number of hydrogen-bond acceptors (Lipinski definition) is 14. The minimum Gasteiger partial charge on any atom is -0.343 e. The van der Waals surface area contributed by atoms with Gasteiger partial charge >= 0.3 is 6.18 Å². The van der Waals surface area contributed by atoms with Gasteiger partial charge < -0.3 is 60.0 Å². The zero-order chi connectivity index (χ0) is 76.0. The third kappa shape index (κ3) is 22.0. The van der Waals surface area contributed by atoms with Gasteiger partial charge in [-0.1, -0.05) is 95.7 Å². The van der Waals surface area contributed by atoms with Crippen LogP contribution in [-0.4, -0.2) is 272 Å². The monoisotopic (exact) mass is 1490 g/mol. The maximum absolute atomic E-state index is 15.8. The molecule has 3 aliphatic heterocycles. The molecule has 26 nitrogen and oxygen atoms in total. The topological polar surface area (TPSA) is 304 Å². The highest BCUT2D eigenvalue weighted by atomic mass is 35.5. The van der Waals surface area contributed by atoms with Crippen molar-refractivity contribution in [3.8, 4) is 0 Å². The van der Waals surface area contributed by atoms with E-state index >= 15 is 28.8 Å². The Morgan fingerprint density at radius 2 is 1.19 bits per heavy atom. The highest BCUT2D eigenvalue weighted by Gasteiger charge is 2.51. The third-order valence-electron chi connectivity index (χ3n) is 22.0. The number of fused-ring (bicyclic) bond motifs is 1. The zero-order valence-electron chi connectivity index (χ0n) is 61.8. The number of piperidine rings is 1. The summed E-state index contributed by atoms with van der Waals surface area (Å²) in [6.07, 6.45) is 6.35. The van der Waals surface area contributed by atoms with E-state index in [-0.39, 0.29) is 68.9 Å². The van der Waals surface area contributed by atoms with Gasteiger partial charge in [-0.15, -0.1) is 0 Å². The molecule has 7 rings (SSSR count). The molecule has 1 aromatic carbocycles. The summed E-state index contributed by atoms with van der Waals surface area (Å²) in [6, 6.07) is -6.31. The fourth-order valence-electron chi connectivity index (χ4n) is 15.8. The number of hydrogen-bond donors (Lipinski definition) is 3. The van der Waals surface area contributed by atoms with Gasteiger partial charge in [-0.2, -0.15) is 13.2 Å². The van der Waals surface area contributed by atoms with Crippen LogP contribution in [0.1, 0.15) is 179 Å². The summed E-state index contributed by atoms with van der Waals surface area (Å²) in [6.45, 7) is 2.35. The number of nitrogens with one attached hydrogen (secondary N) is 3. The van der Waals surface area contributed by atoms with Crippen molar-refractivity contribution in [3.63, 3.8) is 0 Å². The Kier molecular flexibility index (Phi) is 29.7. The Bertz CT molecular complexity index is 3360. The summed E-state index contributed by atoms with van der Waals surface area (Å²) in [5, 5.41) is 7.90. The number of carbonyl (C=O) groups excluding carboxylic acids is 12. The maximum Gasteiger partial charge on any atom is 0.417 e. The highest BCUT2D eigenvalue weighted by molar-refractivity contribution is 7.90.